The molecule has 0 unspecified atom stereocenters. The number of azide groups is 1. The van der Waals surface area contributed by atoms with Gasteiger partial charge in [0.1, 0.15) is 5.15 Å². The van der Waals surface area contributed by atoms with E-state index in [1.165, 1.54) is 0 Å². The molecule has 28 heavy (non-hydrogen) atoms. The molecule has 0 amide bonds. The highest BCUT2D eigenvalue weighted by molar-refractivity contribution is 6.32. The fourth-order valence-electron chi connectivity index (χ4n) is 3.59. The van der Waals surface area contributed by atoms with E-state index in [1.807, 2.05) is 24.3 Å². The molecule has 0 bridgehead atoms. The lowest BCUT2D eigenvalue weighted by atomic mass is 10.1. The number of fused-ring (bicyclic) bond motifs is 2. The molecule has 4 aromatic rings. The van der Waals surface area contributed by atoms with Crippen LogP contribution in [0.1, 0.15) is 19.4 Å². The SMILES string of the molecule is CC(C)Cn1c(-c2cc3ccccc3nc2Cl)cc2cc(CN=[N+]=[N-])ccc21. The van der Waals surface area contributed by atoms with Gasteiger partial charge >= 0.3 is 0 Å². The first-order valence-electron chi connectivity index (χ1n) is 9.25. The lowest BCUT2D eigenvalue weighted by Crippen LogP contribution is -2.06. The first kappa shape index (κ1) is 18.4. The van der Waals surface area contributed by atoms with Crippen molar-refractivity contribution in [3.63, 3.8) is 0 Å². The molecule has 5 nitrogen and oxygen atoms in total. The fourth-order valence-corrected chi connectivity index (χ4v) is 3.83. The minimum absolute atomic E-state index is 0.343. The maximum Gasteiger partial charge on any atom is 0.139 e. The van der Waals surface area contributed by atoms with Gasteiger partial charge in [0.15, 0.2) is 0 Å². The van der Waals surface area contributed by atoms with Gasteiger partial charge < -0.3 is 4.57 Å². The van der Waals surface area contributed by atoms with Gasteiger partial charge in [0, 0.05) is 33.3 Å². The molecule has 2 aromatic heterocycles. The third-order valence-electron chi connectivity index (χ3n) is 4.78. The van der Waals surface area contributed by atoms with Crippen LogP contribution in [0, 0.1) is 5.92 Å². The first-order valence-corrected chi connectivity index (χ1v) is 9.63. The van der Waals surface area contributed by atoms with Gasteiger partial charge in [-0.3, -0.25) is 0 Å². The normalized spacial score (nSPS) is 11.3. The Bertz CT molecular complexity index is 1220. The van der Waals surface area contributed by atoms with Gasteiger partial charge in [-0.05, 0) is 47.3 Å². The standard InChI is InChI=1S/C22H20ClN5/c1-14(2)13-28-20-8-7-15(12-25-27-24)9-17(20)11-21(28)18-10-16-5-3-4-6-19(16)26-22(18)23/h3-11,14H,12-13H2,1-2H3. The Balaban J connectivity index is 1.94. The summed E-state index contributed by atoms with van der Waals surface area (Å²) in [4.78, 5) is 7.45. The molecule has 0 radical (unpaired) electrons. The summed E-state index contributed by atoms with van der Waals surface area (Å²) < 4.78 is 2.30. The van der Waals surface area contributed by atoms with Gasteiger partial charge in [-0.2, -0.15) is 0 Å². The summed E-state index contributed by atoms with van der Waals surface area (Å²) in [5, 5.41) is 6.34. The molecule has 140 valence electrons. The largest absolute Gasteiger partial charge is 0.340 e. The second-order valence-electron chi connectivity index (χ2n) is 7.34. The number of hydrogen-bond acceptors (Lipinski definition) is 2. The Morgan fingerprint density at radius 1 is 1.11 bits per heavy atom. The monoisotopic (exact) mass is 389 g/mol. The van der Waals surface area contributed by atoms with Crippen LogP contribution in [0.5, 0.6) is 0 Å². The maximum absolute atomic E-state index is 8.59. The third kappa shape index (κ3) is 3.42. The van der Waals surface area contributed by atoms with Gasteiger partial charge in [0.2, 0.25) is 0 Å². The van der Waals surface area contributed by atoms with Crippen LogP contribution in [0.2, 0.25) is 5.15 Å². The summed E-state index contributed by atoms with van der Waals surface area (Å²) in [6.45, 7) is 5.62. The minimum atomic E-state index is 0.343. The molecule has 6 heteroatoms. The van der Waals surface area contributed by atoms with Gasteiger partial charge in [0.05, 0.1) is 17.8 Å². The molecular formula is C22H20ClN5. The summed E-state index contributed by atoms with van der Waals surface area (Å²) in [6.07, 6.45) is 0. The molecule has 2 aromatic carbocycles. The molecule has 0 aliphatic heterocycles. The van der Waals surface area contributed by atoms with E-state index in [-0.39, 0.29) is 0 Å². The molecule has 0 fully saturated rings. The predicted octanol–water partition coefficient (Wildman–Crippen LogP) is 6.98. The number of benzene rings is 2. The van der Waals surface area contributed by atoms with Crippen LogP contribution in [-0.4, -0.2) is 9.55 Å². The van der Waals surface area contributed by atoms with Crippen LogP contribution in [0.15, 0.2) is 59.7 Å². The summed E-state index contributed by atoms with van der Waals surface area (Å²) in [6, 6.07) is 18.4. The van der Waals surface area contributed by atoms with Crippen molar-refractivity contribution in [1.29, 1.82) is 0 Å². The van der Waals surface area contributed by atoms with Crippen LogP contribution < -0.4 is 0 Å². The van der Waals surface area contributed by atoms with E-state index in [9.17, 15) is 0 Å². The van der Waals surface area contributed by atoms with Gasteiger partial charge in [-0.15, -0.1) is 0 Å². The van der Waals surface area contributed by atoms with Crippen molar-refractivity contribution in [2.24, 2.45) is 11.0 Å². The van der Waals surface area contributed by atoms with Crippen LogP contribution >= 0.6 is 11.6 Å². The molecule has 2 heterocycles. The Kier molecular flexibility index (Phi) is 4.95. The zero-order chi connectivity index (χ0) is 19.7. The van der Waals surface area contributed by atoms with Crippen molar-refractivity contribution in [1.82, 2.24) is 9.55 Å². The lowest BCUT2D eigenvalue weighted by molar-refractivity contribution is 0.538. The van der Waals surface area contributed by atoms with E-state index in [2.05, 4.69) is 63.8 Å². The summed E-state index contributed by atoms with van der Waals surface area (Å²) in [5.74, 6) is 0.476. The Morgan fingerprint density at radius 3 is 2.71 bits per heavy atom. The number of nitrogens with zero attached hydrogens (tertiary/aromatic N) is 5. The topological polar surface area (TPSA) is 66.6 Å². The van der Waals surface area contributed by atoms with Crippen molar-refractivity contribution in [3.8, 4) is 11.3 Å². The van der Waals surface area contributed by atoms with E-state index >= 15 is 0 Å². The van der Waals surface area contributed by atoms with E-state index in [0.29, 0.717) is 17.6 Å². The fraction of sp³-hybridized carbons (Fsp3) is 0.227. The smallest absolute Gasteiger partial charge is 0.139 e. The highest BCUT2D eigenvalue weighted by Gasteiger charge is 2.16. The molecule has 0 aliphatic carbocycles. The van der Waals surface area contributed by atoms with Gasteiger partial charge in [-0.1, -0.05) is 54.8 Å². The second-order valence-corrected chi connectivity index (χ2v) is 7.69. The number of hydrogen-bond donors (Lipinski definition) is 0. The highest BCUT2D eigenvalue weighted by Crippen LogP contribution is 2.35. The van der Waals surface area contributed by atoms with Crippen molar-refractivity contribution in [2.75, 3.05) is 0 Å². The predicted molar refractivity (Wildman–Crippen MR) is 115 cm³/mol. The molecular weight excluding hydrogens is 370 g/mol. The quantitative estimate of drug-likeness (QED) is 0.157. The van der Waals surface area contributed by atoms with Crippen LogP contribution in [0.25, 0.3) is 43.5 Å². The zero-order valence-corrected chi connectivity index (χ0v) is 16.6. The highest BCUT2D eigenvalue weighted by atomic mass is 35.5. The molecule has 0 saturated carbocycles. The molecule has 0 atom stereocenters. The van der Waals surface area contributed by atoms with E-state index < -0.39 is 0 Å². The third-order valence-corrected chi connectivity index (χ3v) is 5.07. The average Bonchev–Trinajstić information content (AvgIpc) is 3.02. The van der Waals surface area contributed by atoms with Crippen LogP contribution in [-0.2, 0) is 13.1 Å². The number of aromatic nitrogens is 2. The zero-order valence-electron chi connectivity index (χ0n) is 15.8. The van der Waals surface area contributed by atoms with E-state index in [0.717, 1.165) is 45.2 Å². The van der Waals surface area contributed by atoms with Crippen LogP contribution in [0.4, 0.5) is 0 Å². The number of para-hydroxylation sites is 1. The lowest BCUT2D eigenvalue weighted by Gasteiger charge is -2.15. The van der Waals surface area contributed by atoms with Gasteiger partial charge in [-0.25, -0.2) is 4.98 Å². The van der Waals surface area contributed by atoms with E-state index in [4.69, 9.17) is 17.1 Å². The average molecular weight is 390 g/mol. The van der Waals surface area contributed by atoms with Crippen molar-refractivity contribution >= 4 is 33.4 Å². The second kappa shape index (κ2) is 7.55. The minimum Gasteiger partial charge on any atom is -0.340 e. The Labute approximate surface area is 168 Å². The van der Waals surface area contributed by atoms with Gasteiger partial charge in [0.25, 0.3) is 0 Å². The number of rotatable bonds is 5. The molecule has 4 rings (SSSR count). The molecule has 0 N–H and O–H groups in total. The summed E-state index contributed by atoms with van der Waals surface area (Å²) in [5.41, 5.74) is 13.6. The van der Waals surface area contributed by atoms with Crippen molar-refractivity contribution < 1.29 is 0 Å². The Hall–Kier alpha value is -3.01. The molecule has 0 aliphatic rings. The van der Waals surface area contributed by atoms with Crippen molar-refractivity contribution in [3.05, 3.63) is 75.8 Å². The van der Waals surface area contributed by atoms with E-state index in [1.54, 1.807) is 0 Å². The summed E-state index contributed by atoms with van der Waals surface area (Å²) >= 11 is 6.59. The Morgan fingerprint density at radius 2 is 1.93 bits per heavy atom. The molecule has 0 spiro atoms. The van der Waals surface area contributed by atoms with Crippen LogP contribution in [0.3, 0.4) is 0 Å². The summed E-state index contributed by atoms with van der Waals surface area (Å²) in [7, 11) is 0. The van der Waals surface area contributed by atoms with Crippen molar-refractivity contribution in [2.45, 2.75) is 26.9 Å². The first-order chi connectivity index (χ1) is 13.6. The number of pyridine rings is 1. The molecule has 0 saturated heterocycles. The maximum atomic E-state index is 8.59. The number of halogens is 1.